The maximum atomic E-state index is 10.2. The van der Waals surface area contributed by atoms with Gasteiger partial charge in [-0.3, -0.25) is 4.98 Å². The Hall–Kier alpha value is -1.11. The molecule has 0 spiro atoms. The molecular weight excluding hydrogens is 245 g/mol. The number of nitrogens with zero attached hydrogens (tertiary/aromatic N) is 1. The highest BCUT2D eigenvalue weighted by Gasteiger charge is 2.53. The van der Waals surface area contributed by atoms with Crippen molar-refractivity contribution >= 4 is 12.7 Å². The maximum absolute atomic E-state index is 10.2. The molecule has 6 heteroatoms. The van der Waals surface area contributed by atoms with Gasteiger partial charge in [-0.2, -0.15) is 0 Å². The zero-order valence-electron chi connectivity index (χ0n) is 11.8. The van der Waals surface area contributed by atoms with Crippen molar-refractivity contribution in [1.29, 1.82) is 0 Å². The van der Waals surface area contributed by atoms with Gasteiger partial charge >= 0.3 is 7.12 Å². The summed E-state index contributed by atoms with van der Waals surface area (Å²) in [5, 5.41) is 19.2. The number of hydrogen-bond donors (Lipinski definition) is 2. The van der Waals surface area contributed by atoms with E-state index >= 15 is 0 Å². The summed E-state index contributed by atoms with van der Waals surface area (Å²) in [5.74, 6) is 0.0371. The molecule has 0 unspecified atom stereocenters. The summed E-state index contributed by atoms with van der Waals surface area (Å²) < 4.78 is 11.7. The van der Waals surface area contributed by atoms with Gasteiger partial charge in [0.1, 0.15) is 11.3 Å². The maximum Gasteiger partial charge on any atom is 0.518 e. The molecule has 1 aliphatic rings. The first kappa shape index (κ1) is 14.3. The molecule has 1 fully saturated rings. The number of aromatic hydroxyl groups is 1. The Bertz CT molecular complexity index is 460. The number of pyridine rings is 1. The molecule has 0 aromatic carbocycles. The lowest BCUT2D eigenvalue weighted by Crippen LogP contribution is -2.41. The number of hydrogen-bond acceptors (Lipinski definition) is 5. The predicted molar refractivity (Wildman–Crippen MR) is 72.4 cm³/mol. The predicted octanol–water partition coefficient (Wildman–Crippen LogP) is 0.621. The van der Waals surface area contributed by atoms with Crippen molar-refractivity contribution in [3.8, 4) is 5.75 Å². The summed E-state index contributed by atoms with van der Waals surface area (Å²) in [7, 11) is -0.691. The van der Waals surface area contributed by atoms with E-state index < -0.39 is 18.3 Å². The molecule has 104 valence electrons. The molecule has 1 aliphatic heterocycles. The molecule has 0 aliphatic carbocycles. The van der Waals surface area contributed by atoms with Gasteiger partial charge in [-0.15, -0.1) is 0 Å². The summed E-state index contributed by atoms with van der Waals surface area (Å²) in [6.07, 6.45) is 1.96. The van der Waals surface area contributed by atoms with Crippen LogP contribution in [0.5, 0.6) is 5.75 Å². The lowest BCUT2D eigenvalue weighted by Gasteiger charge is -2.32. The van der Waals surface area contributed by atoms with Gasteiger partial charge in [0.25, 0.3) is 0 Å². The fourth-order valence-corrected chi connectivity index (χ4v) is 1.96. The third-order valence-electron chi connectivity index (χ3n) is 3.89. The average molecular weight is 265 g/mol. The van der Waals surface area contributed by atoms with Crippen molar-refractivity contribution in [2.75, 3.05) is 6.61 Å². The van der Waals surface area contributed by atoms with Crippen molar-refractivity contribution in [3.63, 3.8) is 0 Å². The molecule has 0 amide bonds. The molecule has 2 heterocycles. The minimum absolute atomic E-state index is 0.0274. The highest BCUT2D eigenvalue weighted by atomic mass is 16.7. The third-order valence-corrected chi connectivity index (χ3v) is 3.89. The molecule has 1 saturated heterocycles. The lowest BCUT2D eigenvalue weighted by atomic mass is 9.82. The molecule has 19 heavy (non-hydrogen) atoms. The number of aliphatic hydroxyl groups excluding tert-OH is 1. The van der Waals surface area contributed by atoms with Gasteiger partial charge in [0.2, 0.25) is 0 Å². The Labute approximate surface area is 113 Å². The van der Waals surface area contributed by atoms with Crippen molar-refractivity contribution in [1.82, 2.24) is 4.98 Å². The van der Waals surface area contributed by atoms with Gasteiger partial charge in [-0.1, -0.05) is 0 Å². The van der Waals surface area contributed by atoms with Crippen LogP contribution >= 0.6 is 0 Å². The van der Waals surface area contributed by atoms with Gasteiger partial charge < -0.3 is 19.5 Å². The first-order valence-corrected chi connectivity index (χ1v) is 6.42. The van der Waals surface area contributed by atoms with E-state index in [1.54, 1.807) is 12.3 Å². The summed E-state index contributed by atoms with van der Waals surface area (Å²) >= 11 is 0. The molecule has 0 radical (unpaired) electrons. The third kappa shape index (κ3) is 2.48. The van der Waals surface area contributed by atoms with Gasteiger partial charge in [0.05, 0.1) is 11.2 Å². The molecule has 0 atom stereocenters. The van der Waals surface area contributed by atoms with Crippen LogP contribution in [0.3, 0.4) is 0 Å². The van der Waals surface area contributed by atoms with Crippen molar-refractivity contribution < 1.29 is 19.5 Å². The summed E-state index contributed by atoms with van der Waals surface area (Å²) in [6, 6.07) is 1.68. The number of aromatic nitrogens is 1. The summed E-state index contributed by atoms with van der Waals surface area (Å²) in [5.41, 5.74) is 0.0594. The minimum atomic E-state index is -0.691. The van der Waals surface area contributed by atoms with E-state index in [0.717, 1.165) is 0 Å². The zero-order valence-corrected chi connectivity index (χ0v) is 11.8. The monoisotopic (exact) mass is 265 g/mol. The summed E-state index contributed by atoms with van der Waals surface area (Å²) in [6.45, 7) is 7.76. The molecule has 0 saturated carbocycles. The quantitative estimate of drug-likeness (QED) is 0.784. The van der Waals surface area contributed by atoms with Crippen LogP contribution in [-0.2, 0) is 15.7 Å². The Morgan fingerprint density at radius 1 is 1.21 bits per heavy atom. The molecule has 5 nitrogen and oxygen atoms in total. The molecule has 0 bridgehead atoms. The highest BCUT2D eigenvalue weighted by molar-refractivity contribution is 6.62. The van der Waals surface area contributed by atoms with Gasteiger partial charge in [-0.05, 0) is 45.7 Å². The van der Waals surface area contributed by atoms with Crippen molar-refractivity contribution in [2.24, 2.45) is 0 Å². The van der Waals surface area contributed by atoms with Crippen LogP contribution in [0.15, 0.2) is 12.3 Å². The van der Waals surface area contributed by atoms with Gasteiger partial charge in [0, 0.05) is 12.8 Å². The second-order valence-electron chi connectivity index (χ2n) is 5.77. The van der Waals surface area contributed by atoms with Gasteiger partial charge in [0.15, 0.2) is 0 Å². The van der Waals surface area contributed by atoms with Crippen LogP contribution < -0.4 is 5.59 Å². The average Bonchev–Trinajstić information content (AvgIpc) is 2.51. The van der Waals surface area contributed by atoms with Crippen LogP contribution in [0.1, 0.15) is 33.3 Å². The first-order valence-electron chi connectivity index (χ1n) is 6.42. The Balaban J connectivity index is 2.32. The smallest absolute Gasteiger partial charge is 0.506 e. The number of aliphatic hydroxyl groups is 1. The Morgan fingerprint density at radius 3 is 2.32 bits per heavy atom. The van der Waals surface area contributed by atoms with Crippen molar-refractivity contribution in [2.45, 2.75) is 45.3 Å². The van der Waals surface area contributed by atoms with E-state index in [9.17, 15) is 5.11 Å². The fourth-order valence-electron chi connectivity index (χ4n) is 1.96. The molecule has 2 rings (SSSR count). The minimum Gasteiger partial charge on any atom is -0.506 e. The summed E-state index contributed by atoms with van der Waals surface area (Å²) in [4.78, 5) is 4.15. The van der Waals surface area contributed by atoms with Crippen LogP contribution in [0.25, 0.3) is 0 Å². The molecule has 2 N–H and O–H groups in total. The zero-order chi connectivity index (χ0) is 14.3. The highest BCUT2D eigenvalue weighted by Crippen LogP contribution is 2.37. The molecule has 1 aromatic rings. The van der Waals surface area contributed by atoms with E-state index in [2.05, 4.69) is 4.98 Å². The van der Waals surface area contributed by atoms with Gasteiger partial charge in [-0.25, -0.2) is 0 Å². The number of rotatable bonds is 3. The SMILES string of the molecule is CC1(C)OB(c2nccc(CCO)c2O)OC1(C)C. The van der Waals surface area contributed by atoms with Crippen LogP contribution in [0, 0.1) is 0 Å². The second-order valence-corrected chi connectivity index (χ2v) is 5.77. The molecule has 1 aromatic heterocycles. The van der Waals surface area contributed by atoms with E-state index in [0.29, 0.717) is 17.6 Å². The van der Waals surface area contributed by atoms with E-state index in [1.165, 1.54) is 0 Å². The van der Waals surface area contributed by atoms with E-state index in [-0.39, 0.29) is 12.4 Å². The Kier molecular flexibility index (Phi) is 3.60. The normalized spacial score (nSPS) is 20.8. The standard InChI is InChI=1S/C13H20BNO4/c1-12(2)13(3,4)19-14(18-12)11-10(17)9(6-8-16)5-7-15-11/h5,7,16-17H,6,8H2,1-4H3. The fraction of sp³-hybridized carbons (Fsp3) is 0.615. The largest absolute Gasteiger partial charge is 0.518 e. The van der Waals surface area contributed by atoms with Crippen LogP contribution in [0.2, 0.25) is 0 Å². The van der Waals surface area contributed by atoms with Crippen LogP contribution in [0.4, 0.5) is 0 Å². The second kappa shape index (κ2) is 4.78. The van der Waals surface area contributed by atoms with E-state index in [1.807, 2.05) is 27.7 Å². The Morgan fingerprint density at radius 2 is 1.79 bits per heavy atom. The lowest BCUT2D eigenvalue weighted by molar-refractivity contribution is 0.00578. The molecular formula is C13H20BNO4. The topological polar surface area (TPSA) is 71.8 Å². The van der Waals surface area contributed by atoms with Crippen LogP contribution in [-0.4, -0.2) is 40.1 Å². The van der Waals surface area contributed by atoms with E-state index in [4.69, 9.17) is 14.4 Å². The van der Waals surface area contributed by atoms with Crippen molar-refractivity contribution in [3.05, 3.63) is 17.8 Å². The first-order chi connectivity index (χ1) is 8.78.